The zero-order chi connectivity index (χ0) is 17.3. The summed E-state index contributed by atoms with van der Waals surface area (Å²) in [5.74, 6) is 1.60. The number of carbonyl (C=O) groups excluding carboxylic acids is 1. The number of amides is 1. The highest BCUT2D eigenvalue weighted by Gasteiger charge is 2.25. The van der Waals surface area contributed by atoms with Crippen molar-refractivity contribution in [2.75, 3.05) is 18.8 Å². The molecule has 128 valence electrons. The lowest BCUT2D eigenvalue weighted by molar-refractivity contribution is -0.384. The first kappa shape index (κ1) is 17.2. The molecule has 1 aromatic carbocycles. The number of carbonyl (C=O) groups is 1. The van der Waals surface area contributed by atoms with Gasteiger partial charge in [0.2, 0.25) is 5.91 Å². The van der Waals surface area contributed by atoms with Crippen LogP contribution in [0.5, 0.6) is 0 Å². The fraction of sp³-hybridized carbons (Fsp3) is 0.500. The summed E-state index contributed by atoms with van der Waals surface area (Å²) in [6.45, 7) is 6.03. The highest BCUT2D eigenvalue weighted by atomic mass is 32.2. The number of nitro benzene ring substituents is 1. The fourth-order valence-corrected chi connectivity index (χ4v) is 5.15. The van der Waals surface area contributed by atoms with Crippen LogP contribution in [0, 0.1) is 22.0 Å². The van der Waals surface area contributed by atoms with Gasteiger partial charge < -0.3 is 4.90 Å². The van der Waals surface area contributed by atoms with Gasteiger partial charge >= 0.3 is 0 Å². The molecule has 1 fully saturated rings. The summed E-state index contributed by atoms with van der Waals surface area (Å²) in [4.78, 5) is 29.2. The van der Waals surface area contributed by atoms with Gasteiger partial charge in [-0.25, -0.2) is 4.98 Å². The molecule has 0 bridgehead atoms. The van der Waals surface area contributed by atoms with E-state index in [2.05, 4.69) is 18.8 Å². The number of non-ortho nitro benzene ring substituents is 1. The number of thiazole rings is 1. The molecule has 1 aliphatic heterocycles. The lowest BCUT2D eigenvalue weighted by Gasteiger charge is -2.34. The van der Waals surface area contributed by atoms with Crippen LogP contribution < -0.4 is 0 Å². The van der Waals surface area contributed by atoms with E-state index in [1.54, 1.807) is 6.07 Å². The molecular formula is C16H19N3O3S2. The van der Waals surface area contributed by atoms with Crippen molar-refractivity contribution in [1.29, 1.82) is 0 Å². The predicted octanol–water partition coefficient (Wildman–Crippen LogP) is 3.80. The summed E-state index contributed by atoms with van der Waals surface area (Å²) in [6, 6.07) is 4.65. The van der Waals surface area contributed by atoms with Gasteiger partial charge in [0.15, 0.2) is 4.34 Å². The molecule has 0 unspecified atom stereocenters. The molecule has 2 aromatic rings. The molecule has 8 heteroatoms. The van der Waals surface area contributed by atoms with Crippen molar-refractivity contribution in [2.24, 2.45) is 11.8 Å². The van der Waals surface area contributed by atoms with Crippen molar-refractivity contribution in [1.82, 2.24) is 9.88 Å². The van der Waals surface area contributed by atoms with E-state index in [-0.39, 0.29) is 11.6 Å². The molecule has 0 saturated carbocycles. The Bertz CT molecular complexity index is 767. The summed E-state index contributed by atoms with van der Waals surface area (Å²) in [6.07, 6.45) is 1.17. The third-order valence-electron chi connectivity index (χ3n) is 4.10. The maximum Gasteiger partial charge on any atom is 0.270 e. The Labute approximate surface area is 148 Å². The first-order valence-electron chi connectivity index (χ1n) is 7.88. The molecule has 2 heterocycles. The Morgan fingerprint density at radius 1 is 1.42 bits per heavy atom. The molecule has 1 saturated heterocycles. The van der Waals surface area contributed by atoms with Gasteiger partial charge in [-0.3, -0.25) is 14.9 Å². The highest BCUT2D eigenvalue weighted by Crippen LogP contribution is 2.32. The number of fused-ring (bicyclic) bond motifs is 1. The van der Waals surface area contributed by atoms with Gasteiger partial charge in [0, 0.05) is 25.2 Å². The molecular weight excluding hydrogens is 346 g/mol. The monoisotopic (exact) mass is 365 g/mol. The number of aromatic nitrogens is 1. The van der Waals surface area contributed by atoms with Crippen LogP contribution in [0.2, 0.25) is 0 Å². The Morgan fingerprint density at radius 2 is 2.12 bits per heavy atom. The van der Waals surface area contributed by atoms with Gasteiger partial charge in [-0.2, -0.15) is 0 Å². The number of likely N-dealkylation sites (tertiary alicyclic amines) is 1. The van der Waals surface area contributed by atoms with Gasteiger partial charge in [-0.15, -0.1) is 11.3 Å². The van der Waals surface area contributed by atoms with E-state index in [9.17, 15) is 14.9 Å². The van der Waals surface area contributed by atoms with E-state index in [4.69, 9.17) is 0 Å². The number of thioether (sulfide) groups is 1. The minimum Gasteiger partial charge on any atom is -0.341 e. The molecule has 3 rings (SSSR count). The van der Waals surface area contributed by atoms with Crippen molar-refractivity contribution < 1.29 is 9.72 Å². The molecule has 0 spiro atoms. The molecule has 0 aliphatic carbocycles. The number of hydrogen-bond acceptors (Lipinski definition) is 6. The van der Waals surface area contributed by atoms with Gasteiger partial charge in [0.1, 0.15) is 0 Å². The van der Waals surface area contributed by atoms with E-state index in [0.717, 1.165) is 27.6 Å². The number of benzene rings is 1. The predicted molar refractivity (Wildman–Crippen MR) is 96.5 cm³/mol. The Balaban J connectivity index is 1.64. The average molecular weight is 365 g/mol. The third kappa shape index (κ3) is 3.87. The SMILES string of the molecule is C[C@@H]1C[C@@H](C)CN(C(=O)CSc2nc3ccc([N+](=O)[O-])cc3s2)C1. The van der Waals surface area contributed by atoms with Gasteiger partial charge in [-0.1, -0.05) is 25.6 Å². The van der Waals surface area contributed by atoms with Gasteiger partial charge in [-0.05, 0) is 24.3 Å². The second-order valence-corrected chi connectivity index (χ2v) is 8.68. The first-order chi connectivity index (χ1) is 11.4. The van der Waals surface area contributed by atoms with Gasteiger partial charge in [0.05, 0.1) is 20.9 Å². The smallest absolute Gasteiger partial charge is 0.270 e. The minimum absolute atomic E-state index is 0.0649. The van der Waals surface area contributed by atoms with Crippen LogP contribution in [0.3, 0.4) is 0 Å². The zero-order valence-corrected chi connectivity index (χ0v) is 15.2. The van der Waals surface area contributed by atoms with Crippen LogP contribution in [0.25, 0.3) is 10.2 Å². The molecule has 24 heavy (non-hydrogen) atoms. The summed E-state index contributed by atoms with van der Waals surface area (Å²) < 4.78 is 1.55. The Morgan fingerprint density at radius 3 is 2.79 bits per heavy atom. The van der Waals surface area contributed by atoms with Crippen molar-refractivity contribution in [3.05, 3.63) is 28.3 Å². The van der Waals surface area contributed by atoms with Crippen molar-refractivity contribution in [3.8, 4) is 0 Å². The molecule has 2 atom stereocenters. The number of nitro groups is 1. The van der Waals surface area contributed by atoms with Gasteiger partial charge in [0.25, 0.3) is 5.69 Å². The largest absolute Gasteiger partial charge is 0.341 e. The third-order valence-corrected chi connectivity index (χ3v) is 6.25. The van der Waals surface area contributed by atoms with Crippen molar-refractivity contribution >= 4 is 44.9 Å². The molecule has 6 nitrogen and oxygen atoms in total. The first-order valence-corrected chi connectivity index (χ1v) is 9.68. The number of piperidine rings is 1. The highest BCUT2D eigenvalue weighted by molar-refractivity contribution is 8.01. The molecule has 1 aliphatic rings. The molecule has 0 radical (unpaired) electrons. The van der Waals surface area contributed by atoms with Crippen molar-refractivity contribution in [3.63, 3.8) is 0 Å². The van der Waals surface area contributed by atoms with Crippen LogP contribution in [-0.4, -0.2) is 39.6 Å². The summed E-state index contributed by atoms with van der Waals surface area (Å²) >= 11 is 2.81. The molecule has 0 N–H and O–H groups in total. The van der Waals surface area contributed by atoms with E-state index < -0.39 is 4.92 Å². The van der Waals surface area contributed by atoms with Crippen LogP contribution >= 0.6 is 23.1 Å². The Kier molecular flexibility index (Phi) is 5.05. The molecule has 1 amide bonds. The van der Waals surface area contributed by atoms with E-state index >= 15 is 0 Å². The standard InChI is InChI=1S/C16H19N3O3S2/c1-10-5-11(2)8-18(7-10)15(20)9-23-16-17-13-4-3-12(19(21)22)6-14(13)24-16/h3-4,6,10-11H,5,7-9H2,1-2H3/t10-,11-/m1/s1. The topological polar surface area (TPSA) is 76.3 Å². The minimum atomic E-state index is -0.409. The average Bonchev–Trinajstić information content (AvgIpc) is 2.93. The van der Waals surface area contributed by atoms with Crippen LogP contribution in [0.15, 0.2) is 22.5 Å². The normalized spacial score (nSPS) is 21.2. The summed E-state index contributed by atoms with van der Waals surface area (Å²) in [7, 11) is 0. The number of rotatable bonds is 4. The summed E-state index contributed by atoms with van der Waals surface area (Å²) in [5.41, 5.74) is 0.802. The van der Waals surface area contributed by atoms with Crippen molar-refractivity contribution in [2.45, 2.75) is 24.6 Å². The summed E-state index contributed by atoms with van der Waals surface area (Å²) in [5, 5.41) is 10.8. The zero-order valence-electron chi connectivity index (χ0n) is 13.6. The quantitative estimate of drug-likeness (QED) is 0.468. The second kappa shape index (κ2) is 7.06. The lowest BCUT2D eigenvalue weighted by Crippen LogP contribution is -2.43. The second-order valence-electron chi connectivity index (χ2n) is 6.42. The van der Waals surface area contributed by atoms with Crippen LogP contribution in [-0.2, 0) is 4.79 Å². The molecule has 1 aromatic heterocycles. The maximum absolute atomic E-state index is 12.4. The maximum atomic E-state index is 12.4. The van der Waals surface area contributed by atoms with Crippen LogP contribution in [0.4, 0.5) is 5.69 Å². The Hall–Kier alpha value is -1.67. The van der Waals surface area contributed by atoms with Crippen LogP contribution in [0.1, 0.15) is 20.3 Å². The van der Waals surface area contributed by atoms with E-state index in [0.29, 0.717) is 17.6 Å². The van der Waals surface area contributed by atoms with E-state index in [1.807, 2.05) is 4.90 Å². The number of hydrogen-bond donors (Lipinski definition) is 0. The lowest BCUT2D eigenvalue weighted by atomic mass is 9.92. The number of nitrogens with zero attached hydrogens (tertiary/aromatic N) is 3. The van der Waals surface area contributed by atoms with E-state index in [1.165, 1.54) is 41.7 Å². The fourth-order valence-electron chi connectivity index (χ4n) is 3.15.